The highest BCUT2D eigenvalue weighted by molar-refractivity contribution is 6.04. The van der Waals surface area contributed by atoms with Gasteiger partial charge < -0.3 is 15.0 Å². The molecular formula is C24H23N3O2. The number of amides is 1. The van der Waals surface area contributed by atoms with Crippen LogP contribution in [0.2, 0.25) is 0 Å². The van der Waals surface area contributed by atoms with Crippen molar-refractivity contribution in [1.82, 2.24) is 9.97 Å². The second-order valence-corrected chi connectivity index (χ2v) is 6.86. The molecule has 0 aliphatic heterocycles. The van der Waals surface area contributed by atoms with Crippen molar-refractivity contribution in [3.05, 3.63) is 78.4 Å². The second-order valence-electron chi connectivity index (χ2n) is 6.86. The number of rotatable bonds is 7. The van der Waals surface area contributed by atoms with Gasteiger partial charge in [0.2, 0.25) is 0 Å². The summed E-state index contributed by atoms with van der Waals surface area (Å²) in [5.74, 6) is 1.36. The van der Waals surface area contributed by atoms with Gasteiger partial charge in [-0.25, -0.2) is 4.98 Å². The van der Waals surface area contributed by atoms with Crippen LogP contribution < -0.4 is 10.1 Å². The first-order chi connectivity index (χ1) is 14.2. The molecule has 0 fully saturated rings. The number of imidazole rings is 1. The van der Waals surface area contributed by atoms with E-state index in [2.05, 4.69) is 22.2 Å². The minimum atomic E-state index is -0.164. The number of para-hydroxylation sites is 2. The lowest BCUT2D eigenvalue weighted by Crippen LogP contribution is -2.12. The van der Waals surface area contributed by atoms with Crippen LogP contribution in [-0.4, -0.2) is 22.5 Å². The third kappa shape index (κ3) is 4.46. The summed E-state index contributed by atoms with van der Waals surface area (Å²) in [7, 11) is 0. The molecule has 0 saturated carbocycles. The number of carbonyl (C=O) groups is 1. The Morgan fingerprint density at radius 1 is 1.03 bits per heavy atom. The molecule has 5 heteroatoms. The van der Waals surface area contributed by atoms with Gasteiger partial charge in [-0.05, 0) is 61.0 Å². The third-order valence-corrected chi connectivity index (χ3v) is 4.67. The average molecular weight is 385 g/mol. The molecule has 0 atom stereocenters. The van der Waals surface area contributed by atoms with Crippen LogP contribution in [0.1, 0.15) is 30.1 Å². The molecule has 1 heterocycles. The number of fused-ring (bicyclic) bond motifs is 1. The number of hydrogen-bond acceptors (Lipinski definition) is 3. The summed E-state index contributed by atoms with van der Waals surface area (Å²) in [5, 5.41) is 2.93. The fourth-order valence-electron chi connectivity index (χ4n) is 3.07. The smallest absolute Gasteiger partial charge is 0.255 e. The van der Waals surface area contributed by atoms with Gasteiger partial charge in [-0.2, -0.15) is 0 Å². The van der Waals surface area contributed by atoms with Crippen LogP contribution >= 0.6 is 0 Å². The molecule has 0 aliphatic carbocycles. The van der Waals surface area contributed by atoms with Crippen LogP contribution in [0.5, 0.6) is 5.75 Å². The lowest BCUT2D eigenvalue weighted by molar-refractivity contribution is 0.102. The standard InChI is InChI=1S/C24H23N3O2/c1-2-3-15-29-20-8-6-7-18(16-20)24(28)25-19-13-11-17(12-14-19)23-26-21-9-4-5-10-22(21)27-23/h4-14,16H,2-3,15H2,1H3,(H,25,28)(H,26,27). The minimum Gasteiger partial charge on any atom is -0.494 e. The Balaban J connectivity index is 1.44. The van der Waals surface area contributed by atoms with Gasteiger partial charge in [0.25, 0.3) is 5.91 Å². The molecule has 0 saturated heterocycles. The molecule has 146 valence electrons. The number of H-pyrrole nitrogens is 1. The van der Waals surface area contributed by atoms with Gasteiger partial charge in [0.1, 0.15) is 11.6 Å². The number of aromatic amines is 1. The number of benzene rings is 3. The number of nitrogens with zero attached hydrogens (tertiary/aromatic N) is 1. The number of unbranched alkanes of at least 4 members (excludes halogenated alkanes) is 1. The summed E-state index contributed by atoms with van der Waals surface area (Å²) in [6.45, 7) is 2.78. The van der Waals surface area contributed by atoms with Crippen molar-refractivity contribution < 1.29 is 9.53 Å². The van der Waals surface area contributed by atoms with E-state index in [1.54, 1.807) is 12.1 Å². The summed E-state index contributed by atoms with van der Waals surface area (Å²) in [6.07, 6.45) is 2.07. The molecule has 4 aromatic rings. The van der Waals surface area contributed by atoms with E-state index in [-0.39, 0.29) is 5.91 Å². The van der Waals surface area contributed by atoms with Crippen molar-refractivity contribution in [2.24, 2.45) is 0 Å². The molecule has 0 bridgehead atoms. The monoisotopic (exact) mass is 385 g/mol. The van der Waals surface area contributed by atoms with Crippen molar-refractivity contribution in [2.75, 3.05) is 11.9 Å². The van der Waals surface area contributed by atoms with E-state index in [4.69, 9.17) is 4.74 Å². The number of ether oxygens (including phenoxy) is 1. The molecule has 1 amide bonds. The van der Waals surface area contributed by atoms with Crippen molar-refractivity contribution in [1.29, 1.82) is 0 Å². The zero-order valence-electron chi connectivity index (χ0n) is 16.3. The van der Waals surface area contributed by atoms with E-state index in [0.29, 0.717) is 17.9 Å². The normalized spacial score (nSPS) is 10.8. The Morgan fingerprint density at radius 2 is 1.86 bits per heavy atom. The Kier molecular flexibility index (Phi) is 5.56. The SMILES string of the molecule is CCCCOc1cccc(C(=O)Nc2ccc(-c3nc4ccccc4[nH]3)cc2)c1. The molecule has 5 nitrogen and oxygen atoms in total. The molecule has 0 unspecified atom stereocenters. The maximum atomic E-state index is 12.6. The van der Waals surface area contributed by atoms with Crippen LogP contribution in [0.4, 0.5) is 5.69 Å². The predicted molar refractivity (Wildman–Crippen MR) is 116 cm³/mol. The molecule has 1 aromatic heterocycles. The van der Waals surface area contributed by atoms with Gasteiger partial charge in [0.05, 0.1) is 17.6 Å². The van der Waals surface area contributed by atoms with Crippen molar-refractivity contribution in [2.45, 2.75) is 19.8 Å². The second kappa shape index (κ2) is 8.61. The highest BCUT2D eigenvalue weighted by Gasteiger charge is 2.09. The van der Waals surface area contributed by atoms with Gasteiger partial charge in [0, 0.05) is 16.8 Å². The van der Waals surface area contributed by atoms with Gasteiger partial charge in [0.15, 0.2) is 0 Å². The Morgan fingerprint density at radius 3 is 2.66 bits per heavy atom. The highest BCUT2D eigenvalue weighted by Crippen LogP contribution is 2.22. The molecule has 29 heavy (non-hydrogen) atoms. The van der Waals surface area contributed by atoms with Crippen molar-refractivity contribution >= 4 is 22.6 Å². The van der Waals surface area contributed by atoms with E-state index in [1.165, 1.54) is 0 Å². The van der Waals surface area contributed by atoms with E-state index < -0.39 is 0 Å². The zero-order chi connectivity index (χ0) is 20.1. The van der Waals surface area contributed by atoms with Gasteiger partial charge in [-0.1, -0.05) is 31.5 Å². The van der Waals surface area contributed by atoms with Crippen LogP contribution in [0, 0.1) is 0 Å². The molecular weight excluding hydrogens is 362 g/mol. The first kappa shape index (κ1) is 18.7. The van der Waals surface area contributed by atoms with E-state index >= 15 is 0 Å². The summed E-state index contributed by atoms with van der Waals surface area (Å²) < 4.78 is 5.69. The molecule has 0 spiro atoms. The fraction of sp³-hybridized carbons (Fsp3) is 0.167. The third-order valence-electron chi connectivity index (χ3n) is 4.67. The first-order valence-electron chi connectivity index (χ1n) is 9.82. The minimum absolute atomic E-state index is 0.164. The average Bonchev–Trinajstić information content (AvgIpc) is 3.19. The number of hydrogen-bond donors (Lipinski definition) is 2. The first-order valence-corrected chi connectivity index (χ1v) is 9.82. The maximum Gasteiger partial charge on any atom is 0.255 e. The van der Waals surface area contributed by atoms with Crippen LogP contribution in [0.25, 0.3) is 22.4 Å². The van der Waals surface area contributed by atoms with Crippen molar-refractivity contribution in [3.63, 3.8) is 0 Å². The summed E-state index contributed by atoms with van der Waals surface area (Å²) >= 11 is 0. The van der Waals surface area contributed by atoms with Crippen LogP contribution in [-0.2, 0) is 0 Å². The van der Waals surface area contributed by atoms with Crippen molar-refractivity contribution in [3.8, 4) is 17.1 Å². The van der Waals surface area contributed by atoms with E-state index in [1.807, 2.05) is 60.7 Å². The zero-order valence-corrected chi connectivity index (χ0v) is 16.3. The largest absolute Gasteiger partial charge is 0.494 e. The van der Waals surface area contributed by atoms with E-state index in [9.17, 15) is 4.79 Å². The maximum absolute atomic E-state index is 12.6. The Hall–Kier alpha value is -3.60. The highest BCUT2D eigenvalue weighted by atomic mass is 16.5. The van der Waals surface area contributed by atoms with Gasteiger partial charge in [-0.15, -0.1) is 0 Å². The molecule has 0 radical (unpaired) electrons. The topological polar surface area (TPSA) is 67.0 Å². The van der Waals surface area contributed by atoms with Crippen LogP contribution in [0.3, 0.4) is 0 Å². The number of nitrogens with one attached hydrogen (secondary N) is 2. The van der Waals surface area contributed by atoms with Gasteiger partial charge >= 0.3 is 0 Å². The molecule has 3 aromatic carbocycles. The predicted octanol–water partition coefficient (Wildman–Crippen LogP) is 5.66. The Bertz CT molecular complexity index is 1080. The molecule has 0 aliphatic rings. The summed E-state index contributed by atoms with van der Waals surface area (Å²) in [5.41, 5.74) is 4.19. The number of aromatic nitrogens is 2. The van der Waals surface area contributed by atoms with Crippen LogP contribution in [0.15, 0.2) is 72.8 Å². The lowest BCUT2D eigenvalue weighted by Gasteiger charge is -2.09. The number of carbonyl (C=O) groups excluding carboxylic acids is 1. The molecule has 2 N–H and O–H groups in total. The molecule has 4 rings (SSSR count). The van der Waals surface area contributed by atoms with Gasteiger partial charge in [-0.3, -0.25) is 4.79 Å². The Labute approximate surface area is 169 Å². The fourth-order valence-corrected chi connectivity index (χ4v) is 3.07. The van der Waals surface area contributed by atoms with E-state index in [0.717, 1.165) is 41.0 Å². The summed E-state index contributed by atoms with van der Waals surface area (Å²) in [6, 6.07) is 22.8. The quantitative estimate of drug-likeness (QED) is 0.403. The lowest BCUT2D eigenvalue weighted by atomic mass is 10.1. The summed E-state index contributed by atoms with van der Waals surface area (Å²) in [4.78, 5) is 20.5. The number of anilines is 1.